The van der Waals surface area contributed by atoms with Crippen LogP contribution in [0.5, 0.6) is 11.6 Å². The predicted molar refractivity (Wildman–Crippen MR) is 73.8 cm³/mol. The Hall–Kier alpha value is -2.83. The average molecular weight is 274 g/mol. The summed E-state index contributed by atoms with van der Waals surface area (Å²) in [6.45, 7) is 1.76. The fraction of sp³-hybridized carbons (Fsp3) is 0.154. The van der Waals surface area contributed by atoms with Crippen molar-refractivity contribution in [2.75, 3.05) is 18.2 Å². The number of hydrogen-bond donors (Lipinski definition) is 2. The van der Waals surface area contributed by atoms with Crippen LogP contribution in [0.25, 0.3) is 0 Å². The molecular formula is C13H14N4O3. The number of anilines is 2. The summed E-state index contributed by atoms with van der Waals surface area (Å²) in [5, 5.41) is 2.43. The van der Waals surface area contributed by atoms with Crippen molar-refractivity contribution < 1.29 is 14.3 Å². The first kappa shape index (κ1) is 13.6. The van der Waals surface area contributed by atoms with Crippen molar-refractivity contribution in [2.24, 2.45) is 0 Å². The Labute approximate surface area is 115 Å². The van der Waals surface area contributed by atoms with Crippen LogP contribution in [0.1, 0.15) is 5.69 Å². The molecule has 3 N–H and O–H groups in total. The van der Waals surface area contributed by atoms with Crippen molar-refractivity contribution >= 4 is 17.7 Å². The first-order valence-corrected chi connectivity index (χ1v) is 5.81. The third-order valence-corrected chi connectivity index (χ3v) is 2.34. The molecule has 1 aromatic carbocycles. The molecule has 0 bridgehead atoms. The quantitative estimate of drug-likeness (QED) is 0.830. The number of nitrogen functional groups attached to an aromatic ring is 1. The Kier molecular flexibility index (Phi) is 3.99. The second-order valence-electron chi connectivity index (χ2n) is 3.96. The van der Waals surface area contributed by atoms with E-state index in [9.17, 15) is 4.79 Å². The molecular weight excluding hydrogens is 260 g/mol. The van der Waals surface area contributed by atoms with Crippen molar-refractivity contribution in [3.63, 3.8) is 0 Å². The lowest BCUT2D eigenvalue weighted by molar-refractivity contribution is 0.215. The van der Waals surface area contributed by atoms with Gasteiger partial charge in [0.05, 0.1) is 7.11 Å². The van der Waals surface area contributed by atoms with Crippen molar-refractivity contribution in [1.82, 2.24) is 9.97 Å². The molecule has 7 nitrogen and oxygen atoms in total. The van der Waals surface area contributed by atoms with Gasteiger partial charge in [-0.3, -0.25) is 5.32 Å². The van der Waals surface area contributed by atoms with E-state index in [2.05, 4.69) is 15.3 Å². The molecule has 104 valence electrons. The summed E-state index contributed by atoms with van der Waals surface area (Å²) in [5.41, 5.74) is 6.79. The molecule has 7 heteroatoms. The highest BCUT2D eigenvalue weighted by atomic mass is 16.6. The molecule has 0 atom stereocenters. The van der Waals surface area contributed by atoms with E-state index < -0.39 is 6.09 Å². The van der Waals surface area contributed by atoms with Gasteiger partial charge in [-0.05, 0) is 31.2 Å². The van der Waals surface area contributed by atoms with Crippen LogP contribution in [0.3, 0.4) is 0 Å². The van der Waals surface area contributed by atoms with Crippen LogP contribution >= 0.6 is 0 Å². The molecule has 0 saturated carbocycles. The molecule has 1 aromatic heterocycles. The first-order valence-electron chi connectivity index (χ1n) is 5.81. The van der Waals surface area contributed by atoms with E-state index >= 15 is 0 Å². The highest BCUT2D eigenvalue weighted by Crippen LogP contribution is 2.15. The Morgan fingerprint density at radius 3 is 2.60 bits per heavy atom. The van der Waals surface area contributed by atoms with Crippen LogP contribution in [0.15, 0.2) is 30.3 Å². The zero-order valence-electron chi connectivity index (χ0n) is 11.1. The van der Waals surface area contributed by atoms with Gasteiger partial charge in [-0.25, -0.2) is 9.78 Å². The van der Waals surface area contributed by atoms with Crippen LogP contribution in [0.2, 0.25) is 0 Å². The molecule has 0 saturated heterocycles. The van der Waals surface area contributed by atoms with Gasteiger partial charge in [0.15, 0.2) is 0 Å². The van der Waals surface area contributed by atoms with Crippen molar-refractivity contribution in [2.45, 2.75) is 6.92 Å². The molecule has 2 aromatic rings. The number of ether oxygens (including phenoxy) is 2. The Bertz CT molecular complexity index is 614. The monoisotopic (exact) mass is 274 g/mol. The van der Waals surface area contributed by atoms with Gasteiger partial charge in [0, 0.05) is 17.4 Å². The number of rotatable bonds is 3. The molecule has 0 aliphatic heterocycles. The summed E-state index contributed by atoms with van der Waals surface area (Å²) in [6, 6.07) is 8.10. The fourth-order valence-electron chi connectivity index (χ4n) is 1.46. The van der Waals surface area contributed by atoms with Gasteiger partial charge in [-0.15, -0.1) is 0 Å². The minimum atomic E-state index is -0.692. The van der Waals surface area contributed by atoms with E-state index in [0.717, 1.165) is 0 Å². The van der Waals surface area contributed by atoms with Crippen LogP contribution in [-0.4, -0.2) is 23.2 Å². The summed E-state index contributed by atoms with van der Waals surface area (Å²) in [4.78, 5) is 19.7. The maximum atomic E-state index is 11.7. The molecule has 0 unspecified atom stereocenters. The third-order valence-electron chi connectivity index (χ3n) is 2.34. The number of nitrogens with two attached hydrogens (primary N) is 1. The summed E-state index contributed by atoms with van der Waals surface area (Å²) >= 11 is 0. The molecule has 0 aliphatic rings. The van der Waals surface area contributed by atoms with Crippen molar-refractivity contribution in [3.8, 4) is 11.6 Å². The van der Waals surface area contributed by atoms with Gasteiger partial charge in [0.25, 0.3) is 0 Å². The van der Waals surface area contributed by atoms with E-state index in [1.165, 1.54) is 7.11 Å². The number of amides is 1. The van der Waals surface area contributed by atoms with E-state index in [4.69, 9.17) is 15.2 Å². The SMILES string of the molecule is COc1cc(C)nc(NC(=O)Oc2ccc(N)cc2)n1. The topological polar surface area (TPSA) is 99.4 Å². The lowest BCUT2D eigenvalue weighted by atomic mass is 10.3. The number of carbonyl (C=O) groups excluding carboxylic acids is 1. The summed E-state index contributed by atoms with van der Waals surface area (Å²) in [5.74, 6) is 0.846. The molecule has 0 spiro atoms. The van der Waals surface area contributed by atoms with Gasteiger partial charge >= 0.3 is 6.09 Å². The van der Waals surface area contributed by atoms with Crippen LogP contribution < -0.4 is 20.5 Å². The fourth-order valence-corrected chi connectivity index (χ4v) is 1.46. The second kappa shape index (κ2) is 5.87. The zero-order chi connectivity index (χ0) is 14.5. The van der Waals surface area contributed by atoms with Crippen LogP contribution in [0, 0.1) is 6.92 Å². The third kappa shape index (κ3) is 3.58. The highest BCUT2D eigenvalue weighted by molar-refractivity contribution is 5.84. The van der Waals surface area contributed by atoms with Crippen LogP contribution in [-0.2, 0) is 0 Å². The maximum Gasteiger partial charge on any atom is 0.419 e. The number of nitrogens with zero attached hydrogens (tertiary/aromatic N) is 2. The van der Waals surface area contributed by atoms with Gasteiger partial charge in [-0.1, -0.05) is 0 Å². The van der Waals surface area contributed by atoms with Gasteiger partial charge in [0.2, 0.25) is 11.8 Å². The normalized spacial score (nSPS) is 9.90. The molecule has 20 heavy (non-hydrogen) atoms. The van der Waals surface area contributed by atoms with E-state index in [1.807, 2.05) is 0 Å². The summed E-state index contributed by atoms with van der Waals surface area (Å²) < 4.78 is 10.1. The lowest BCUT2D eigenvalue weighted by Crippen LogP contribution is -2.18. The van der Waals surface area contributed by atoms with E-state index in [1.54, 1.807) is 37.3 Å². The zero-order valence-corrected chi connectivity index (χ0v) is 11.1. The van der Waals surface area contributed by atoms with Crippen molar-refractivity contribution in [1.29, 1.82) is 0 Å². The highest BCUT2D eigenvalue weighted by Gasteiger charge is 2.09. The first-order chi connectivity index (χ1) is 9.56. The molecule has 0 fully saturated rings. The molecule has 1 heterocycles. The second-order valence-corrected chi connectivity index (χ2v) is 3.96. The molecule has 0 radical (unpaired) electrons. The number of hydrogen-bond acceptors (Lipinski definition) is 6. The Balaban J connectivity index is 2.04. The van der Waals surface area contributed by atoms with E-state index in [0.29, 0.717) is 23.0 Å². The Morgan fingerprint density at radius 1 is 1.25 bits per heavy atom. The van der Waals surface area contributed by atoms with E-state index in [-0.39, 0.29) is 5.95 Å². The minimum Gasteiger partial charge on any atom is -0.481 e. The smallest absolute Gasteiger partial charge is 0.419 e. The number of aromatic nitrogens is 2. The predicted octanol–water partition coefficient (Wildman–Crippen LogP) is 1.99. The van der Waals surface area contributed by atoms with Gasteiger partial charge in [-0.2, -0.15) is 4.98 Å². The lowest BCUT2D eigenvalue weighted by Gasteiger charge is -2.07. The Morgan fingerprint density at radius 2 is 1.95 bits per heavy atom. The molecule has 2 rings (SSSR count). The van der Waals surface area contributed by atoms with Gasteiger partial charge in [0.1, 0.15) is 5.75 Å². The number of nitrogens with one attached hydrogen (secondary N) is 1. The molecule has 1 amide bonds. The molecule has 0 aliphatic carbocycles. The number of carbonyl (C=O) groups is 1. The number of aryl methyl sites for hydroxylation is 1. The standard InChI is InChI=1S/C13H14N4O3/c1-8-7-11(19-2)16-12(15-8)17-13(18)20-10-5-3-9(14)4-6-10/h3-7H,14H2,1-2H3,(H,15,16,17,18). The maximum absolute atomic E-state index is 11.7. The van der Waals surface area contributed by atoms with Crippen LogP contribution in [0.4, 0.5) is 16.4 Å². The minimum absolute atomic E-state index is 0.113. The summed E-state index contributed by atoms with van der Waals surface area (Å²) in [7, 11) is 1.48. The van der Waals surface area contributed by atoms with Crippen molar-refractivity contribution in [3.05, 3.63) is 36.0 Å². The number of benzene rings is 1. The van der Waals surface area contributed by atoms with Gasteiger partial charge < -0.3 is 15.2 Å². The summed E-state index contributed by atoms with van der Waals surface area (Å²) in [6.07, 6.45) is -0.692. The largest absolute Gasteiger partial charge is 0.481 e. The number of methoxy groups -OCH3 is 1. The average Bonchev–Trinajstić information content (AvgIpc) is 2.40.